The Kier molecular flexibility index (Phi) is 4.06. The Hall–Kier alpha value is -0.640. The zero-order chi connectivity index (χ0) is 13.2. The molecule has 0 amide bonds. The Bertz CT molecular complexity index is 533. The van der Waals surface area contributed by atoms with Gasteiger partial charge >= 0.3 is 0 Å². The smallest absolute Gasteiger partial charge is 0.0402 e. The quantitative estimate of drug-likeness (QED) is 0.780. The molecule has 0 radical (unpaired) electrons. The second-order valence-corrected chi connectivity index (χ2v) is 7.05. The van der Waals surface area contributed by atoms with Gasteiger partial charge < -0.3 is 5.32 Å². The highest BCUT2D eigenvalue weighted by molar-refractivity contribution is 9.10. The average Bonchev–Trinajstić information content (AvgIpc) is 3.18. The van der Waals surface area contributed by atoms with Crippen molar-refractivity contribution < 1.29 is 0 Å². The first-order valence-electron chi connectivity index (χ1n) is 6.79. The van der Waals surface area contributed by atoms with E-state index in [0.717, 1.165) is 5.92 Å². The van der Waals surface area contributed by atoms with E-state index in [1.165, 1.54) is 27.8 Å². The summed E-state index contributed by atoms with van der Waals surface area (Å²) < 4.78 is 1.22. The molecule has 2 atom stereocenters. The van der Waals surface area contributed by atoms with E-state index in [2.05, 4.69) is 69.9 Å². The molecule has 1 N–H and O–H groups in total. The van der Waals surface area contributed by atoms with E-state index in [9.17, 15) is 0 Å². The summed E-state index contributed by atoms with van der Waals surface area (Å²) in [6.45, 7) is 2.26. The molecule has 1 heterocycles. The van der Waals surface area contributed by atoms with Crippen molar-refractivity contribution in [3.8, 4) is 0 Å². The van der Waals surface area contributed by atoms with Gasteiger partial charge in [-0.15, -0.1) is 11.3 Å². The number of halogens is 1. The summed E-state index contributed by atoms with van der Waals surface area (Å²) in [4.78, 5) is 1.39. The van der Waals surface area contributed by atoms with Crippen LogP contribution in [0.3, 0.4) is 0 Å². The molecule has 1 aliphatic rings. The fraction of sp³-hybridized carbons (Fsp3) is 0.375. The Morgan fingerprint density at radius 3 is 2.53 bits per heavy atom. The van der Waals surface area contributed by atoms with Crippen LogP contribution in [0.15, 0.2) is 46.3 Å². The summed E-state index contributed by atoms with van der Waals surface area (Å²) in [5.41, 5.74) is 1.42. The highest BCUT2D eigenvalue weighted by atomic mass is 79.9. The maximum absolute atomic E-state index is 3.82. The van der Waals surface area contributed by atoms with Crippen LogP contribution in [0.25, 0.3) is 0 Å². The van der Waals surface area contributed by atoms with Crippen LogP contribution in [0.4, 0.5) is 0 Å². The van der Waals surface area contributed by atoms with Gasteiger partial charge in [0, 0.05) is 21.4 Å². The van der Waals surface area contributed by atoms with Crippen molar-refractivity contribution in [3.05, 3.63) is 56.7 Å². The monoisotopic (exact) mass is 335 g/mol. The van der Waals surface area contributed by atoms with Crippen LogP contribution in [-0.2, 0) is 0 Å². The molecule has 1 aromatic carbocycles. The lowest BCUT2D eigenvalue weighted by Gasteiger charge is -2.23. The largest absolute Gasteiger partial charge is 0.302 e. The molecule has 0 saturated heterocycles. The Labute approximate surface area is 127 Å². The van der Waals surface area contributed by atoms with Crippen molar-refractivity contribution in [2.24, 2.45) is 5.92 Å². The van der Waals surface area contributed by atoms with Gasteiger partial charge in [0.25, 0.3) is 0 Å². The SMILES string of the molecule is CC(NC(c1ccccc1)C1CC1)c1sccc1Br. The summed E-state index contributed by atoms with van der Waals surface area (Å²) in [5.74, 6) is 0.809. The normalized spacial score (nSPS) is 18.2. The maximum atomic E-state index is 3.82. The lowest BCUT2D eigenvalue weighted by atomic mass is 10.0. The van der Waals surface area contributed by atoms with Gasteiger partial charge in [-0.05, 0) is 58.6 Å². The highest BCUT2D eigenvalue weighted by Gasteiger charge is 2.33. The summed E-state index contributed by atoms with van der Waals surface area (Å²) in [6, 6.07) is 13.9. The fourth-order valence-corrected chi connectivity index (χ4v) is 4.29. The molecular weight excluding hydrogens is 318 g/mol. The first kappa shape index (κ1) is 13.3. The number of benzene rings is 1. The van der Waals surface area contributed by atoms with Crippen molar-refractivity contribution in [2.45, 2.75) is 31.8 Å². The second kappa shape index (κ2) is 5.78. The van der Waals surface area contributed by atoms with Gasteiger partial charge in [-0.25, -0.2) is 0 Å². The van der Waals surface area contributed by atoms with Gasteiger partial charge in [0.15, 0.2) is 0 Å². The Balaban J connectivity index is 1.77. The van der Waals surface area contributed by atoms with E-state index in [1.807, 2.05) is 11.3 Å². The van der Waals surface area contributed by atoms with Crippen LogP contribution in [0.5, 0.6) is 0 Å². The van der Waals surface area contributed by atoms with Gasteiger partial charge in [-0.2, -0.15) is 0 Å². The molecule has 3 heteroatoms. The molecule has 0 bridgehead atoms. The van der Waals surface area contributed by atoms with Gasteiger partial charge in [-0.1, -0.05) is 30.3 Å². The maximum Gasteiger partial charge on any atom is 0.0402 e. The molecule has 19 heavy (non-hydrogen) atoms. The second-order valence-electron chi connectivity index (χ2n) is 5.25. The lowest BCUT2D eigenvalue weighted by Crippen LogP contribution is -2.25. The van der Waals surface area contributed by atoms with Gasteiger partial charge in [0.2, 0.25) is 0 Å². The molecular formula is C16H18BrNS. The first-order chi connectivity index (χ1) is 9.25. The third-order valence-corrected chi connectivity index (χ3v) is 5.77. The van der Waals surface area contributed by atoms with Gasteiger partial charge in [-0.3, -0.25) is 0 Å². The summed E-state index contributed by atoms with van der Waals surface area (Å²) >= 11 is 5.45. The van der Waals surface area contributed by atoms with Crippen molar-refractivity contribution in [1.82, 2.24) is 5.32 Å². The number of hydrogen-bond donors (Lipinski definition) is 1. The van der Waals surface area contributed by atoms with Gasteiger partial charge in [0.05, 0.1) is 0 Å². The van der Waals surface area contributed by atoms with Crippen LogP contribution in [-0.4, -0.2) is 0 Å². The molecule has 1 saturated carbocycles. The van der Waals surface area contributed by atoms with Crippen LogP contribution >= 0.6 is 27.3 Å². The van der Waals surface area contributed by atoms with E-state index in [0.29, 0.717) is 12.1 Å². The van der Waals surface area contributed by atoms with Crippen LogP contribution < -0.4 is 5.32 Å². The third-order valence-electron chi connectivity index (χ3n) is 3.72. The summed E-state index contributed by atoms with van der Waals surface area (Å²) in [6.07, 6.45) is 2.70. The number of rotatable bonds is 5. The van der Waals surface area contributed by atoms with Crippen LogP contribution in [0.1, 0.15) is 42.3 Å². The van der Waals surface area contributed by atoms with E-state index < -0.39 is 0 Å². The number of thiophene rings is 1. The Morgan fingerprint density at radius 2 is 1.95 bits per heavy atom. The summed E-state index contributed by atoms with van der Waals surface area (Å²) in [5, 5.41) is 5.96. The van der Waals surface area contributed by atoms with Crippen LogP contribution in [0.2, 0.25) is 0 Å². The summed E-state index contributed by atoms with van der Waals surface area (Å²) in [7, 11) is 0. The van der Waals surface area contributed by atoms with E-state index in [1.54, 1.807) is 0 Å². The predicted molar refractivity (Wildman–Crippen MR) is 85.5 cm³/mol. The topological polar surface area (TPSA) is 12.0 Å². The minimum Gasteiger partial charge on any atom is -0.302 e. The van der Waals surface area contributed by atoms with Crippen LogP contribution in [0, 0.1) is 5.92 Å². The minimum absolute atomic E-state index is 0.389. The predicted octanol–water partition coefficient (Wildman–Crippen LogP) is 5.31. The fourth-order valence-electron chi connectivity index (χ4n) is 2.55. The molecule has 100 valence electrons. The lowest BCUT2D eigenvalue weighted by molar-refractivity contribution is 0.430. The zero-order valence-corrected chi connectivity index (χ0v) is 13.4. The van der Waals surface area contributed by atoms with Crippen molar-refractivity contribution in [3.63, 3.8) is 0 Å². The number of nitrogens with one attached hydrogen (secondary N) is 1. The van der Waals surface area contributed by atoms with E-state index in [-0.39, 0.29) is 0 Å². The standard InChI is InChI=1S/C16H18BrNS/c1-11(16-14(17)9-10-19-16)18-15(13-7-8-13)12-5-3-2-4-6-12/h2-6,9-11,13,15,18H,7-8H2,1H3. The molecule has 3 rings (SSSR count). The molecule has 1 nitrogen and oxygen atoms in total. The van der Waals surface area contributed by atoms with E-state index in [4.69, 9.17) is 0 Å². The minimum atomic E-state index is 0.389. The molecule has 1 aliphatic carbocycles. The molecule has 1 fully saturated rings. The molecule has 0 aliphatic heterocycles. The highest BCUT2D eigenvalue weighted by Crippen LogP contribution is 2.42. The molecule has 2 aromatic rings. The molecule has 2 unspecified atom stereocenters. The van der Waals surface area contributed by atoms with E-state index >= 15 is 0 Å². The zero-order valence-electron chi connectivity index (χ0n) is 11.0. The average molecular weight is 336 g/mol. The number of hydrogen-bond acceptors (Lipinski definition) is 2. The van der Waals surface area contributed by atoms with Gasteiger partial charge in [0.1, 0.15) is 0 Å². The Morgan fingerprint density at radius 1 is 1.21 bits per heavy atom. The molecule has 1 aromatic heterocycles. The van der Waals surface area contributed by atoms with Crippen molar-refractivity contribution >= 4 is 27.3 Å². The van der Waals surface area contributed by atoms with Crippen molar-refractivity contribution in [2.75, 3.05) is 0 Å². The van der Waals surface area contributed by atoms with Crippen molar-refractivity contribution in [1.29, 1.82) is 0 Å². The molecule has 0 spiro atoms. The third kappa shape index (κ3) is 3.10. The first-order valence-corrected chi connectivity index (χ1v) is 8.47.